The van der Waals surface area contributed by atoms with Crippen LogP contribution in [-0.4, -0.2) is 18.0 Å². The van der Waals surface area contributed by atoms with Crippen LogP contribution in [0, 0.1) is 0 Å². The molecule has 1 aliphatic carbocycles. The topological polar surface area (TPSA) is 70.2 Å². The van der Waals surface area contributed by atoms with Crippen molar-refractivity contribution in [3.8, 4) is 0 Å². The number of anilines is 1. The first-order valence-electron chi connectivity index (χ1n) is 9.06. The Morgan fingerprint density at radius 2 is 1.81 bits per heavy atom. The Bertz CT molecular complexity index is 780. The van der Waals surface area contributed by atoms with Crippen molar-refractivity contribution in [1.82, 2.24) is 10.6 Å². The van der Waals surface area contributed by atoms with Gasteiger partial charge >= 0.3 is 6.03 Å². The largest absolute Gasteiger partial charge is 0.348 e. The third-order valence-corrected chi connectivity index (χ3v) is 4.28. The highest BCUT2D eigenvalue weighted by molar-refractivity contribution is 5.96. The molecule has 3 N–H and O–H groups in total. The van der Waals surface area contributed by atoms with Gasteiger partial charge in [0.1, 0.15) is 0 Å². The van der Waals surface area contributed by atoms with Crippen LogP contribution in [-0.2, 0) is 6.54 Å². The van der Waals surface area contributed by atoms with Crippen molar-refractivity contribution < 1.29 is 9.59 Å². The summed E-state index contributed by atoms with van der Waals surface area (Å²) >= 11 is 0. The van der Waals surface area contributed by atoms with E-state index in [4.69, 9.17) is 0 Å². The number of urea groups is 1. The van der Waals surface area contributed by atoms with E-state index in [1.165, 1.54) is 18.4 Å². The fourth-order valence-corrected chi connectivity index (χ4v) is 2.78. The molecule has 1 fully saturated rings. The van der Waals surface area contributed by atoms with E-state index in [0.29, 0.717) is 17.8 Å². The summed E-state index contributed by atoms with van der Waals surface area (Å²) < 4.78 is 0. The van der Waals surface area contributed by atoms with Crippen molar-refractivity contribution in [2.24, 2.45) is 0 Å². The lowest BCUT2D eigenvalue weighted by molar-refractivity contribution is 0.0951. The minimum absolute atomic E-state index is 0.0489. The minimum atomic E-state index is -0.284. The lowest BCUT2D eigenvalue weighted by Crippen LogP contribution is -2.34. The Morgan fingerprint density at radius 1 is 1.08 bits per heavy atom. The van der Waals surface area contributed by atoms with Crippen molar-refractivity contribution in [2.75, 3.05) is 5.32 Å². The molecular weight excluding hydrogens is 326 g/mol. The maximum absolute atomic E-state index is 12.4. The molecule has 3 rings (SSSR count). The summed E-state index contributed by atoms with van der Waals surface area (Å²) in [6.07, 6.45) is 2.57. The molecule has 0 bridgehead atoms. The molecule has 0 atom stereocenters. The van der Waals surface area contributed by atoms with Crippen LogP contribution in [0.15, 0.2) is 48.5 Å². The summed E-state index contributed by atoms with van der Waals surface area (Å²) in [5, 5.41) is 8.41. The van der Waals surface area contributed by atoms with Gasteiger partial charge in [-0.15, -0.1) is 0 Å². The fourth-order valence-electron chi connectivity index (χ4n) is 2.78. The molecule has 3 amide bonds. The summed E-state index contributed by atoms with van der Waals surface area (Å²) in [5.41, 5.74) is 3.57. The summed E-state index contributed by atoms with van der Waals surface area (Å²) in [4.78, 5) is 24.2. The van der Waals surface area contributed by atoms with Crippen molar-refractivity contribution in [2.45, 2.75) is 45.2 Å². The zero-order valence-corrected chi connectivity index (χ0v) is 15.2. The smallest absolute Gasteiger partial charge is 0.319 e. The van der Waals surface area contributed by atoms with Crippen molar-refractivity contribution in [3.05, 3.63) is 65.2 Å². The van der Waals surface area contributed by atoms with Crippen LogP contribution in [0.25, 0.3) is 0 Å². The molecule has 0 saturated heterocycles. The standard InChI is InChI=1S/C21H25N3O2/c1-14(2)23-21(26)24-19-5-3-4-18(12-19)20(25)22-13-15-6-8-16(9-7-15)17-10-11-17/h3-9,12,14,17H,10-11,13H2,1-2H3,(H,22,25)(H2,23,24,26). The molecular formula is C21H25N3O2. The first-order valence-corrected chi connectivity index (χ1v) is 9.06. The number of amides is 3. The van der Waals surface area contributed by atoms with Crippen molar-refractivity contribution in [3.63, 3.8) is 0 Å². The Labute approximate surface area is 154 Å². The third kappa shape index (κ3) is 5.09. The highest BCUT2D eigenvalue weighted by Crippen LogP contribution is 2.39. The highest BCUT2D eigenvalue weighted by atomic mass is 16.2. The maximum Gasteiger partial charge on any atom is 0.319 e. The molecule has 0 spiro atoms. The van der Waals surface area contributed by atoms with Crippen LogP contribution in [0.3, 0.4) is 0 Å². The van der Waals surface area contributed by atoms with Crippen LogP contribution in [0.5, 0.6) is 0 Å². The van der Waals surface area contributed by atoms with Crippen LogP contribution in [0.1, 0.15) is 54.1 Å². The van der Waals surface area contributed by atoms with Crippen LogP contribution >= 0.6 is 0 Å². The molecule has 136 valence electrons. The van der Waals surface area contributed by atoms with Gasteiger partial charge < -0.3 is 16.0 Å². The SMILES string of the molecule is CC(C)NC(=O)Nc1cccc(C(=O)NCc2ccc(C3CC3)cc2)c1. The second-order valence-electron chi connectivity index (χ2n) is 7.03. The number of benzene rings is 2. The molecule has 26 heavy (non-hydrogen) atoms. The second-order valence-corrected chi connectivity index (χ2v) is 7.03. The zero-order valence-electron chi connectivity index (χ0n) is 15.2. The number of carbonyl (C=O) groups is 2. The quantitative estimate of drug-likeness (QED) is 0.735. The first-order chi connectivity index (χ1) is 12.5. The molecule has 1 aliphatic rings. The van der Waals surface area contributed by atoms with Crippen LogP contribution in [0.4, 0.5) is 10.5 Å². The predicted molar refractivity (Wildman–Crippen MR) is 103 cm³/mol. The van der Waals surface area contributed by atoms with E-state index in [9.17, 15) is 9.59 Å². The molecule has 0 aliphatic heterocycles. The molecule has 1 saturated carbocycles. The van der Waals surface area contributed by atoms with Crippen molar-refractivity contribution >= 4 is 17.6 Å². The lowest BCUT2D eigenvalue weighted by Gasteiger charge is -2.11. The van der Waals surface area contributed by atoms with E-state index in [1.54, 1.807) is 24.3 Å². The average Bonchev–Trinajstić information content (AvgIpc) is 3.44. The van der Waals surface area contributed by atoms with Gasteiger partial charge in [0.2, 0.25) is 0 Å². The average molecular weight is 351 g/mol. The van der Waals surface area contributed by atoms with E-state index in [1.807, 2.05) is 13.8 Å². The molecule has 5 heteroatoms. The Balaban J connectivity index is 1.55. The number of rotatable bonds is 6. The summed E-state index contributed by atoms with van der Waals surface area (Å²) in [7, 11) is 0. The van der Waals surface area contributed by atoms with Gasteiger partial charge in [-0.25, -0.2) is 4.79 Å². The molecule has 0 heterocycles. The van der Waals surface area contributed by atoms with Gasteiger partial charge in [-0.3, -0.25) is 4.79 Å². The zero-order chi connectivity index (χ0) is 18.5. The Morgan fingerprint density at radius 3 is 2.46 bits per heavy atom. The number of nitrogens with one attached hydrogen (secondary N) is 3. The van der Waals surface area contributed by atoms with Crippen molar-refractivity contribution in [1.29, 1.82) is 0 Å². The predicted octanol–water partition coefficient (Wildman–Crippen LogP) is 4.02. The number of hydrogen-bond acceptors (Lipinski definition) is 2. The Hall–Kier alpha value is -2.82. The fraction of sp³-hybridized carbons (Fsp3) is 0.333. The minimum Gasteiger partial charge on any atom is -0.348 e. The number of hydrogen-bond donors (Lipinski definition) is 3. The monoisotopic (exact) mass is 351 g/mol. The van der Waals surface area contributed by atoms with Gasteiger partial charge in [-0.2, -0.15) is 0 Å². The molecule has 0 aromatic heterocycles. The van der Waals surface area contributed by atoms with E-state index in [-0.39, 0.29) is 18.0 Å². The van der Waals surface area contributed by atoms with E-state index in [2.05, 4.69) is 40.2 Å². The molecule has 5 nitrogen and oxygen atoms in total. The van der Waals surface area contributed by atoms with E-state index < -0.39 is 0 Å². The van der Waals surface area contributed by atoms with Gasteiger partial charge in [0.15, 0.2) is 0 Å². The van der Waals surface area contributed by atoms with Gasteiger partial charge in [0.25, 0.3) is 5.91 Å². The lowest BCUT2D eigenvalue weighted by atomic mass is 10.1. The normalized spacial score (nSPS) is 13.3. The number of carbonyl (C=O) groups excluding carboxylic acids is 2. The maximum atomic E-state index is 12.4. The first kappa shape index (κ1) is 18.0. The molecule has 2 aromatic rings. The van der Waals surface area contributed by atoms with E-state index in [0.717, 1.165) is 11.5 Å². The van der Waals surface area contributed by atoms with Gasteiger partial charge in [-0.05, 0) is 61.9 Å². The molecule has 0 unspecified atom stereocenters. The summed E-state index contributed by atoms with van der Waals surface area (Å²) in [6, 6.07) is 15.1. The summed E-state index contributed by atoms with van der Waals surface area (Å²) in [5.74, 6) is 0.575. The molecule has 0 radical (unpaired) electrons. The third-order valence-electron chi connectivity index (χ3n) is 4.28. The van der Waals surface area contributed by atoms with Gasteiger partial charge in [0, 0.05) is 23.8 Å². The van der Waals surface area contributed by atoms with Crippen LogP contribution in [0.2, 0.25) is 0 Å². The molecule has 2 aromatic carbocycles. The van der Waals surface area contributed by atoms with Gasteiger partial charge in [-0.1, -0.05) is 30.3 Å². The summed E-state index contributed by atoms with van der Waals surface area (Å²) in [6.45, 7) is 4.26. The van der Waals surface area contributed by atoms with Crippen LogP contribution < -0.4 is 16.0 Å². The second kappa shape index (κ2) is 8.04. The Kier molecular flexibility index (Phi) is 5.56. The van der Waals surface area contributed by atoms with E-state index >= 15 is 0 Å². The van der Waals surface area contributed by atoms with Gasteiger partial charge in [0.05, 0.1) is 0 Å². The highest BCUT2D eigenvalue weighted by Gasteiger charge is 2.22.